The van der Waals surface area contributed by atoms with E-state index in [1.807, 2.05) is 0 Å². The molecule has 0 fully saturated rings. The molecule has 0 spiro atoms. The molecule has 5 nitrogen and oxygen atoms in total. The lowest BCUT2D eigenvalue weighted by atomic mass is 9.92. The number of nitrogen functional groups attached to an aromatic ring is 2. The number of rotatable bonds is 4. The van der Waals surface area contributed by atoms with E-state index in [0.717, 1.165) is 12.1 Å². The van der Waals surface area contributed by atoms with Gasteiger partial charge in [0.25, 0.3) is 0 Å². The van der Waals surface area contributed by atoms with Crippen LogP contribution in [0.15, 0.2) is 34.1 Å². The van der Waals surface area contributed by atoms with Crippen LogP contribution in [0, 0.1) is 13.8 Å². The molecule has 0 amide bonds. The lowest BCUT2D eigenvalue weighted by Crippen LogP contribution is -2.40. The second-order valence-corrected chi connectivity index (χ2v) is 9.29. The summed E-state index contributed by atoms with van der Waals surface area (Å²) in [6.07, 6.45) is -10.2. The Morgan fingerprint density at radius 2 is 1.00 bits per heavy atom. The van der Waals surface area contributed by atoms with E-state index in [4.69, 9.17) is 11.5 Å². The Balaban J connectivity index is 2.72. The summed E-state index contributed by atoms with van der Waals surface area (Å²) in [7, 11) is -2.30. The first-order valence-corrected chi connectivity index (χ1v) is 10.2. The molecule has 2 rings (SSSR count). The van der Waals surface area contributed by atoms with Gasteiger partial charge in [-0.05, 0) is 63.1 Å². The van der Waals surface area contributed by atoms with Gasteiger partial charge in [0.15, 0.2) is 11.2 Å². The average molecular weight is 484 g/mol. The third kappa shape index (κ3) is 4.30. The standard InChI is InChI=1S/C20H22F6N2O3S/c1-9-5-11(7-13(15(9)27)17(3,29)19(21,22)23)32(31)12-6-10(2)16(28)14(8-12)18(4,30)20(24,25)26/h5-8,29-30H,27-28H2,1-4H3. The van der Waals surface area contributed by atoms with Crippen molar-refractivity contribution >= 4 is 22.2 Å². The first kappa shape index (κ1) is 25.9. The topological polar surface area (TPSA) is 110 Å². The maximum Gasteiger partial charge on any atom is 0.421 e. The lowest BCUT2D eigenvalue weighted by molar-refractivity contribution is -0.258. The number of aryl methyl sites for hydroxylation is 2. The fraction of sp³-hybridized carbons (Fsp3) is 0.400. The number of hydrogen-bond donors (Lipinski definition) is 4. The second kappa shape index (κ2) is 7.92. The fourth-order valence-electron chi connectivity index (χ4n) is 2.99. The van der Waals surface area contributed by atoms with Crippen molar-refractivity contribution in [2.24, 2.45) is 0 Å². The average Bonchev–Trinajstić information content (AvgIpc) is 2.63. The number of halogens is 6. The van der Waals surface area contributed by atoms with Gasteiger partial charge in [-0.15, -0.1) is 0 Å². The first-order chi connectivity index (χ1) is 14.2. The second-order valence-electron chi connectivity index (χ2n) is 7.81. The smallest absolute Gasteiger partial charge is 0.398 e. The zero-order valence-electron chi connectivity index (χ0n) is 17.4. The predicted molar refractivity (Wildman–Crippen MR) is 107 cm³/mol. The van der Waals surface area contributed by atoms with Crippen molar-refractivity contribution < 1.29 is 40.8 Å². The summed E-state index contributed by atoms with van der Waals surface area (Å²) in [4.78, 5) is -0.476. The third-order valence-electron chi connectivity index (χ3n) is 5.30. The van der Waals surface area contributed by atoms with Gasteiger partial charge >= 0.3 is 12.4 Å². The minimum atomic E-state index is -5.11. The molecule has 178 valence electrons. The van der Waals surface area contributed by atoms with Crippen LogP contribution in [0.3, 0.4) is 0 Å². The Bertz CT molecular complexity index is 995. The summed E-state index contributed by atoms with van der Waals surface area (Å²) in [5, 5.41) is 20.1. The Morgan fingerprint density at radius 3 is 1.25 bits per heavy atom. The zero-order valence-corrected chi connectivity index (χ0v) is 18.3. The number of anilines is 2. The number of hydrogen-bond acceptors (Lipinski definition) is 5. The molecule has 0 aliphatic rings. The van der Waals surface area contributed by atoms with E-state index in [1.54, 1.807) is 0 Å². The molecule has 2 atom stereocenters. The maximum absolute atomic E-state index is 13.4. The van der Waals surface area contributed by atoms with Gasteiger partial charge in [0.1, 0.15) is 0 Å². The molecule has 0 heterocycles. The van der Waals surface area contributed by atoms with Crippen molar-refractivity contribution in [3.05, 3.63) is 46.5 Å². The normalized spacial score (nSPS) is 17.5. The van der Waals surface area contributed by atoms with Crippen LogP contribution in [-0.2, 0) is 22.0 Å². The van der Waals surface area contributed by atoms with Crippen LogP contribution < -0.4 is 11.5 Å². The molecular formula is C20H22F6N2O3S. The number of alkyl halides is 6. The van der Waals surface area contributed by atoms with Gasteiger partial charge in [0.05, 0.1) is 10.8 Å². The fourth-order valence-corrected chi connectivity index (χ4v) is 4.28. The van der Waals surface area contributed by atoms with Crippen LogP contribution in [0.1, 0.15) is 36.1 Å². The Morgan fingerprint density at radius 1 is 0.719 bits per heavy atom. The maximum atomic E-state index is 13.4. The summed E-state index contributed by atoms with van der Waals surface area (Å²) >= 11 is 0. The highest BCUT2D eigenvalue weighted by Gasteiger charge is 2.53. The van der Waals surface area contributed by atoms with E-state index >= 15 is 0 Å². The molecule has 0 aliphatic heterocycles. The molecule has 0 aromatic heterocycles. The van der Waals surface area contributed by atoms with Crippen molar-refractivity contribution in [1.29, 1.82) is 0 Å². The van der Waals surface area contributed by atoms with Gasteiger partial charge in [-0.25, -0.2) is 4.21 Å². The molecule has 2 aromatic carbocycles. The van der Waals surface area contributed by atoms with Gasteiger partial charge in [-0.1, -0.05) is 0 Å². The summed E-state index contributed by atoms with van der Waals surface area (Å²) in [6, 6.07) is 3.99. The summed E-state index contributed by atoms with van der Waals surface area (Å²) < 4.78 is 93.2. The number of aliphatic hydroxyl groups is 2. The molecule has 2 aromatic rings. The molecule has 0 saturated heterocycles. The van der Waals surface area contributed by atoms with Crippen molar-refractivity contribution in [3.8, 4) is 0 Å². The number of nitrogens with two attached hydrogens (primary N) is 2. The van der Waals surface area contributed by atoms with Gasteiger partial charge in [-0.3, -0.25) is 0 Å². The van der Waals surface area contributed by atoms with Crippen LogP contribution in [0.4, 0.5) is 37.7 Å². The number of benzene rings is 2. The van der Waals surface area contributed by atoms with Gasteiger partial charge in [-0.2, -0.15) is 26.3 Å². The van der Waals surface area contributed by atoms with E-state index in [2.05, 4.69) is 0 Å². The highest BCUT2D eigenvalue weighted by Crippen LogP contribution is 2.44. The van der Waals surface area contributed by atoms with E-state index in [9.17, 15) is 40.8 Å². The Kier molecular flexibility index (Phi) is 6.42. The summed E-state index contributed by atoms with van der Waals surface area (Å²) in [5.41, 5.74) is 2.59. The minimum Gasteiger partial charge on any atom is -0.398 e. The van der Waals surface area contributed by atoms with Gasteiger partial charge in [0, 0.05) is 32.3 Å². The van der Waals surface area contributed by atoms with Gasteiger partial charge < -0.3 is 21.7 Å². The molecule has 0 saturated carbocycles. The van der Waals surface area contributed by atoms with Crippen LogP contribution in [0.25, 0.3) is 0 Å². The molecule has 2 unspecified atom stereocenters. The van der Waals surface area contributed by atoms with Crippen LogP contribution in [0.2, 0.25) is 0 Å². The molecule has 0 aliphatic carbocycles. The largest absolute Gasteiger partial charge is 0.421 e. The van der Waals surface area contributed by atoms with Crippen molar-refractivity contribution in [1.82, 2.24) is 0 Å². The monoisotopic (exact) mass is 484 g/mol. The molecule has 0 bridgehead atoms. The van der Waals surface area contributed by atoms with Crippen LogP contribution >= 0.6 is 0 Å². The van der Waals surface area contributed by atoms with Crippen molar-refractivity contribution in [3.63, 3.8) is 0 Å². The van der Waals surface area contributed by atoms with Crippen LogP contribution in [0.5, 0.6) is 0 Å². The molecule has 0 radical (unpaired) electrons. The van der Waals surface area contributed by atoms with Gasteiger partial charge in [0.2, 0.25) is 0 Å². The van der Waals surface area contributed by atoms with E-state index in [1.165, 1.54) is 26.0 Å². The third-order valence-corrected chi connectivity index (χ3v) is 6.63. The predicted octanol–water partition coefficient (Wildman–Crippen LogP) is 4.17. The SMILES string of the molecule is Cc1cc(S(=O)c2cc(C)c(N)c(C(C)(O)C(F)(F)F)c2)cc(C(C)(O)C(F)(F)F)c1N. The Labute approximate surface area is 182 Å². The van der Waals surface area contributed by atoms with Crippen molar-refractivity contribution in [2.45, 2.75) is 61.0 Å². The lowest BCUT2D eigenvalue weighted by Gasteiger charge is -2.29. The van der Waals surface area contributed by atoms with Crippen LogP contribution in [-0.4, -0.2) is 26.8 Å². The van der Waals surface area contributed by atoms with E-state index in [-0.39, 0.29) is 32.3 Å². The van der Waals surface area contributed by atoms with Crippen molar-refractivity contribution in [2.75, 3.05) is 11.5 Å². The summed E-state index contributed by atoms with van der Waals surface area (Å²) in [5.74, 6) is 0. The zero-order chi connectivity index (χ0) is 25.0. The van der Waals surface area contributed by atoms with E-state index < -0.39 is 45.5 Å². The Hall–Kier alpha value is -2.31. The molecule has 32 heavy (non-hydrogen) atoms. The minimum absolute atomic E-state index is 0.0741. The van der Waals surface area contributed by atoms with E-state index in [0.29, 0.717) is 13.8 Å². The molecule has 12 heteroatoms. The molecular weight excluding hydrogens is 462 g/mol. The quantitative estimate of drug-likeness (QED) is 0.385. The molecule has 6 N–H and O–H groups in total. The highest BCUT2D eigenvalue weighted by molar-refractivity contribution is 7.85. The summed E-state index contributed by atoms with van der Waals surface area (Å²) in [6.45, 7) is 3.63. The highest BCUT2D eigenvalue weighted by atomic mass is 32.2. The first-order valence-electron chi connectivity index (χ1n) is 9.04.